The van der Waals surface area contributed by atoms with E-state index in [1.54, 1.807) is 0 Å². The van der Waals surface area contributed by atoms with Gasteiger partial charge in [0.05, 0.1) is 6.61 Å². The molecule has 0 aliphatic carbocycles. The average Bonchev–Trinajstić information content (AvgIpc) is 2.41. The lowest BCUT2D eigenvalue weighted by atomic mass is 10.0. The van der Waals surface area contributed by atoms with Gasteiger partial charge in [-0.25, -0.2) is 0 Å². The fourth-order valence-corrected chi connectivity index (χ4v) is 2.96. The summed E-state index contributed by atoms with van der Waals surface area (Å²) in [5.41, 5.74) is 1.28. The minimum Gasteiger partial charge on any atom is -0.493 e. The molecule has 1 N–H and O–H groups in total. The van der Waals surface area contributed by atoms with Crippen LogP contribution in [-0.2, 0) is 0 Å². The molecule has 1 fully saturated rings. The van der Waals surface area contributed by atoms with Gasteiger partial charge < -0.3 is 10.1 Å². The van der Waals surface area contributed by atoms with E-state index in [1.807, 2.05) is 0 Å². The van der Waals surface area contributed by atoms with Crippen LogP contribution in [0.4, 0.5) is 0 Å². The second-order valence-corrected chi connectivity index (χ2v) is 6.54. The first-order valence-electron chi connectivity index (χ1n) is 7.32. The summed E-state index contributed by atoms with van der Waals surface area (Å²) < 4.78 is 7.12. The van der Waals surface area contributed by atoms with Crippen molar-refractivity contribution in [3.63, 3.8) is 0 Å². The second kappa shape index (κ2) is 8.91. The number of halogens is 2. The maximum absolute atomic E-state index is 6.00. The molecular weight excluding hydrogens is 338 g/mol. The van der Waals surface area contributed by atoms with Crippen LogP contribution in [0.2, 0.25) is 0 Å². The molecular formula is C16H25BrClNO. The third-order valence-electron chi connectivity index (χ3n) is 3.73. The molecule has 1 aliphatic rings. The lowest BCUT2D eigenvalue weighted by Crippen LogP contribution is -2.35. The van der Waals surface area contributed by atoms with Gasteiger partial charge in [0.2, 0.25) is 0 Å². The summed E-state index contributed by atoms with van der Waals surface area (Å²) in [6, 6.07) is 6.94. The maximum Gasteiger partial charge on any atom is 0.122 e. The number of hydrogen-bond donors (Lipinski definition) is 1. The van der Waals surface area contributed by atoms with E-state index < -0.39 is 0 Å². The van der Waals surface area contributed by atoms with Gasteiger partial charge in [0.15, 0.2) is 0 Å². The highest BCUT2D eigenvalue weighted by molar-refractivity contribution is 9.10. The van der Waals surface area contributed by atoms with Crippen LogP contribution in [-0.4, -0.2) is 19.2 Å². The van der Waals surface area contributed by atoms with Gasteiger partial charge in [-0.3, -0.25) is 0 Å². The van der Waals surface area contributed by atoms with E-state index in [0.717, 1.165) is 23.2 Å². The Labute approximate surface area is 137 Å². The Balaban J connectivity index is 0.00000200. The number of benzene rings is 1. The molecule has 1 aromatic carbocycles. The highest BCUT2D eigenvalue weighted by Crippen LogP contribution is 2.29. The molecule has 1 atom stereocenters. The number of nitrogens with one attached hydrogen (secondary N) is 1. The molecule has 0 spiro atoms. The Morgan fingerprint density at radius 1 is 1.35 bits per heavy atom. The van der Waals surface area contributed by atoms with Gasteiger partial charge in [0.25, 0.3) is 0 Å². The van der Waals surface area contributed by atoms with Crippen molar-refractivity contribution in [1.82, 2.24) is 5.32 Å². The Kier molecular flexibility index (Phi) is 7.93. The summed E-state index contributed by atoms with van der Waals surface area (Å²) in [6.07, 6.45) is 5.07. The molecule has 1 heterocycles. The van der Waals surface area contributed by atoms with Crippen molar-refractivity contribution in [1.29, 1.82) is 0 Å². The molecule has 1 unspecified atom stereocenters. The van der Waals surface area contributed by atoms with Crippen LogP contribution in [0.1, 0.15) is 51.0 Å². The van der Waals surface area contributed by atoms with Crippen LogP contribution >= 0.6 is 28.3 Å². The summed E-state index contributed by atoms with van der Waals surface area (Å²) in [7, 11) is 0. The molecule has 4 heteroatoms. The molecule has 1 aliphatic heterocycles. The van der Waals surface area contributed by atoms with Crippen molar-refractivity contribution in [3.05, 3.63) is 28.2 Å². The Bertz CT molecular complexity index is 405. The number of rotatable bonds is 5. The fraction of sp³-hybridized carbons (Fsp3) is 0.625. The molecule has 0 aromatic heterocycles. The van der Waals surface area contributed by atoms with Crippen molar-refractivity contribution in [2.24, 2.45) is 0 Å². The Hall–Kier alpha value is -0.250. The quantitative estimate of drug-likeness (QED) is 0.804. The minimum absolute atomic E-state index is 0. The first-order chi connectivity index (χ1) is 9.16. The number of piperidine rings is 1. The monoisotopic (exact) mass is 361 g/mol. The van der Waals surface area contributed by atoms with E-state index >= 15 is 0 Å². The molecule has 2 rings (SSSR count). The Morgan fingerprint density at radius 3 is 2.80 bits per heavy atom. The average molecular weight is 363 g/mol. The normalized spacial score (nSPS) is 18.7. The zero-order valence-electron chi connectivity index (χ0n) is 12.3. The molecule has 1 aromatic rings. The highest BCUT2D eigenvalue weighted by Gasteiger charge is 2.13. The summed E-state index contributed by atoms with van der Waals surface area (Å²) in [4.78, 5) is 0. The van der Waals surface area contributed by atoms with Crippen LogP contribution in [0.5, 0.6) is 5.75 Å². The van der Waals surface area contributed by atoms with Crippen LogP contribution < -0.4 is 10.1 Å². The molecule has 2 nitrogen and oxygen atoms in total. The molecule has 20 heavy (non-hydrogen) atoms. The molecule has 0 radical (unpaired) electrons. The molecule has 0 bridgehead atoms. The van der Waals surface area contributed by atoms with Gasteiger partial charge in [0.1, 0.15) is 5.75 Å². The summed E-state index contributed by atoms with van der Waals surface area (Å²) in [6.45, 7) is 6.38. The lowest BCUT2D eigenvalue weighted by Gasteiger charge is -2.23. The van der Waals surface area contributed by atoms with Crippen LogP contribution in [0.15, 0.2) is 22.7 Å². The van der Waals surface area contributed by atoms with Gasteiger partial charge in [0, 0.05) is 10.5 Å². The molecule has 114 valence electrons. The van der Waals surface area contributed by atoms with Crippen molar-refractivity contribution < 1.29 is 4.74 Å². The molecule has 0 amide bonds. The predicted octanol–water partition coefficient (Wildman–Crippen LogP) is 4.91. The first-order valence-corrected chi connectivity index (χ1v) is 8.11. The largest absolute Gasteiger partial charge is 0.493 e. The second-order valence-electron chi connectivity index (χ2n) is 5.62. The van der Waals surface area contributed by atoms with Gasteiger partial charge in [-0.15, -0.1) is 12.4 Å². The smallest absolute Gasteiger partial charge is 0.122 e. The fourth-order valence-electron chi connectivity index (χ4n) is 2.58. The van der Waals surface area contributed by atoms with Crippen molar-refractivity contribution in [2.75, 3.05) is 13.2 Å². The minimum atomic E-state index is 0. The maximum atomic E-state index is 6.00. The number of hydrogen-bond acceptors (Lipinski definition) is 2. The standard InChI is InChI=1S/C16H24BrNO.ClH/c1-12(2)15-11-13(17)6-7-16(15)19-10-8-14-5-3-4-9-18-14;/h6-7,11-12,14,18H,3-5,8-10H2,1-2H3;1H. The van der Waals surface area contributed by atoms with Gasteiger partial charge in [-0.2, -0.15) is 0 Å². The van der Waals surface area contributed by atoms with Gasteiger partial charge in [-0.05, 0) is 55.5 Å². The van der Waals surface area contributed by atoms with E-state index in [0.29, 0.717) is 12.0 Å². The zero-order valence-corrected chi connectivity index (χ0v) is 14.7. The van der Waals surface area contributed by atoms with Crippen LogP contribution in [0.25, 0.3) is 0 Å². The van der Waals surface area contributed by atoms with Gasteiger partial charge >= 0.3 is 0 Å². The third-order valence-corrected chi connectivity index (χ3v) is 4.22. The molecule has 1 saturated heterocycles. The predicted molar refractivity (Wildman–Crippen MR) is 91.2 cm³/mol. The van der Waals surface area contributed by atoms with E-state index in [1.165, 1.54) is 31.4 Å². The van der Waals surface area contributed by atoms with E-state index in [-0.39, 0.29) is 12.4 Å². The Morgan fingerprint density at radius 2 is 2.15 bits per heavy atom. The third kappa shape index (κ3) is 5.27. The summed E-state index contributed by atoms with van der Waals surface area (Å²) >= 11 is 3.53. The zero-order chi connectivity index (χ0) is 13.7. The van der Waals surface area contributed by atoms with E-state index in [9.17, 15) is 0 Å². The topological polar surface area (TPSA) is 21.3 Å². The van der Waals surface area contributed by atoms with Gasteiger partial charge in [-0.1, -0.05) is 36.2 Å². The molecule has 0 saturated carbocycles. The van der Waals surface area contributed by atoms with Crippen molar-refractivity contribution in [2.45, 2.75) is 51.5 Å². The highest BCUT2D eigenvalue weighted by atomic mass is 79.9. The summed E-state index contributed by atoms with van der Waals surface area (Å²) in [5.74, 6) is 1.52. The van der Waals surface area contributed by atoms with Crippen LogP contribution in [0, 0.1) is 0 Å². The summed E-state index contributed by atoms with van der Waals surface area (Å²) in [5, 5.41) is 3.56. The van der Waals surface area contributed by atoms with Crippen molar-refractivity contribution >= 4 is 28.3 Å². The van der Waals surface area contributed by atoms with Crippen molar-refractivity contribution in [3.8, 4) is 5.75 Å². The first kappa shape index (κ1) is 17.8. The van der Waals surface area contributed by atoms with E-state index in [2.05, 4.69) is 53.3 Å². The SMILES string of the molecule is CC(C)c1cc(Br)ccc1OCCC1CCCCN1.Cl. The van der Waals surface area contributed by atoms with E-state index in [4.69, 9.17) is 4.74 Å². The van der Waals surface area contributed by atoms with Crippen LogP contribution in [0.3, 0.4) is 0 Å². The lowest BCUT2D eigenvalue weighted by molar-refractivity contribution is 0.265. The number of ether oxygens (including phenoxy) is 1.